The van der Waals surface area contributed by atoms with Gasteiger partial charge in [-0.25, -0.2) is 13.1 Å². The fraction of sp³-hybridized carbons (Fsp3) is 0.500. The van der Waals surface area contributed by atoms with E-state index < -0.39 is 10.0 Å². The Hall–Kier alpha value is -0.560. The maximum atomic E-state index is 12.2. The van der Waals surface area contributed by atoms with Gasteiger partial charge in [0, 0.05) is 11.3 Å². The van der Waals surface area contributed by atoms with Gasteiger partial charge in [0.05, 0.1) is 11.5 Å². The summed E-state index contributed by atoms with van der Waals surface area (Å²) in [6, 6.07) is 6.52. The van der Waals surface area contributed by atoms with E-state index in [0.29, 0.717) is 5.56 Å². The van der Waals surface area contributed by atoms with E-state index in [-0.39, 0.29) is 22.8 Å². The van der Waals surface area contributed by atoms with Crippen molar-refractivity contribution >= 4 is 21.8 Å². The first-order valence-corrected chi connectivity index (χ1v) is 8.41. The molecule has 1 aromatic rings. The number of hydrogen-bond acceptors (Lipinski definition) is 4. The van der Waals surface area contributed by atoms with Gasteiger partial charge in [-0.3, -0.25) is 0 Å². The quantitative estimate of drug-likeness (QED) is 0.830. The maximum Gasteiger partial charge on any atom is 0.241 e. The van der Waals surface area contributed by atoms with E-state index in [0.717, 1.165) is 0 Å². The molecule has 102 valence electrons. The van der Waals surface area contributed by atoms with E-state index in [2.05, 4.69) is 4.72 Å². The molecule has 1 rings (SSSR count). The summed E-state index contributed by atoms with van der Waals surface area (Å²) in [7, 11) is -3.53. The zero-order chi connectivity index (χ0) is 13.8. The van der Waals surface area contributed by atoms with Gasteiger partial charge < -0.3 is 5.11 Å². The van der Waals surface area contributed by atoms with E-state index in [4.69, 9.17) is 5.11 Å². The summed E-state index contributed by atoms with van der Waals surface area (Å²) in [6.45, 7) is 3.46. The molecule has 0 aromatic heterocycles. The highest BCUT2D eigenvalue weighted by atomic mass is 32.2. The molecule has 0 radical (unpaired) electrons. The Balaban J connectivity index is 2.93. The van der Waals surface area contributed by atoms with E-state index in [1.165, 1.54) is 11.8 Å². The van der Waals surface area contributed by atoms with Crippen LogP contribution < -0.4 is 4.72 Å². The van der Waals surface area contributed by atoms with Crippen LogP contribution in [0.3, 0.4) is 0 Å². The molecule has 2 unspecified atom stereocenters. The van der Waals surface area contributed by atoms with Crippen molar-refractivity contribution in [2.24, 2.45) is 0 Å². The van der Waals surface area contributed by atoms with Gasteiger partial charge in [0.1, 0.15) is 0 Å². The monoisotopic (exact) mass is 289 g/mol. The fourth-order valence-corrected chi connectivity index (χ4v) is 3.92. The van der Waals surface area contributed by atoms with Crippen LogP contribution in [0, 0.1) is 6.92 Å². The smallest absolute Gasteiger partial charge is 0.241 e. The lowest BCUT2D eigenvalue weighted by atomic mass is 10.2. The number of hydrogen-bond donors (Lipinski definition) is 2. The van der Waals surface area contributed by atoms with Crippen LogP contribution in [-0.2, 0) is 10.0 Å². The molecule has 4 nitrogen and oxygen atoms in total. The minimum Gasteiger partial charge on any atom is -0.395 e. The van der Waals surface area contributed by atoms with Gasteiger partial charge in [-0.15, -0.1) is 0 Å². The third-order valence-corrected chi connectivity index (χ3v) is 5.65. The Morgan fingerprint density at radius 3 is 2.50 bits per heavy atom. The highest BCUT2D eigenvalue weighted by Crippen LogP contribution is 2.17. The third-order valence-electron chi connectivity index (χ3n) is 2.76. The molecular weight excluding hydrogens is 270 g/mol. The zero-order valence-corrected chi connectivity index (χ0v) is 12.4. The average Bonchev–Trinajstić information content (AvgIpc) is 2.30. The van der Waals surface area contributed by atoms with Crippen molar-refractivity contribution in [2.45, 2.75) is 30.0 Å². The lowest BCUT2D eigenvalue weighted by Gasteiger charge is -2.21. The van der Waals surface area contributed by atoms with Gasteiger partial charge in [-0.1, -0.05) is 18.2 Å². The molecule has 0 spiro atoms. The van der Waals surface area contributed by atoms with Crippen molar-refractivity contribution in [3.05, 3.63) is 29.8 Å². The number of nitrogens with one attached hydrogen (secondary N) is 1. The molecule has 0 saturated heterocycles. The second-order valence-electron chi connectivity index (χ2n) is 4.13. The van der Waals surface area contributed by atoms with Crippen molar-refractivity contribution in [3.8, 4) is 0 Å². The minimum atomic E-state index is -3.53. The second kappa shape index (κ2) is 6.56. The fourth-order valence-electron chi connectivity index (χ4n) is 1.68. The van der Waals surface area contributed by atoms with Gasteiger partial charge in [-0.2, -0.15) is 11.8 Å². The summed E-state index contributed by atoms with van der Waals surface area (Å²) in [5, 5.41) is 9.01. The van der Waals surface area contributed by atoms with E-state index in [9.17, 15) is 8.42 Å². The van der Waals surface area contributed by atoms with Gasteiger partial charge >= 0.3 is 0 Å². The van der Waals surface area contributed by atoms with Gasteiger partial charge in [-0.05, 0) is 31.7 Å². The number of thioether (sulfide) groups is 1. The first kappa shape index (κ1) is 15.5. The van der Waals surface area contributed by atoms with Crippen LogP contribution in [0.25, 0.3) is 0 Å². The molecule has 0 aliphatic carbocycles. The van der Waals surface area contributed by atoms with E-state index >= 15 is 0 Å². The van der Waals surface area contributed by atoms with Crippen LogP contribution in [0.2, 0.25) is 0 Å². The highest BCUT2D eigenvalue weighted by Gasteiger charge is 2.23. The maximum absolute atomic E-state index is 12.2. The first-order chi connectivity index (χ1) is 8.42. The Kier molecular flexibility index (Phi) is 5.65. The number of aliphatic hydroxyl groups excluding tert-OH is 1. The first-order valence-electron chi connectivity index (χ1n) is 5.64. The van der Waals surface area contributed by atoms with Crippen molar-refractivity contribution in [3.63, 3.8) is 0 Å². The Morgan fingerprint density at radius 1 is 1.39 bits per heavy atom. The van der Waals surface area contributed by atoms with E-state index in [1.807, 2.05) is 6.26 Å². The van der Waals surface area contributed by atoms with Gasteiger partial charge in [0.15, 0.2) is 0 Å². The summed E-state index contributed by atoms with van der Waals surface area (Å²) in [6.07, 6.45) is 1.85. The Morgan fingerprint density at radius 2 is 2.00 bits per heavy atom. The molecule has 2 N–H and O–H groups in total. The number of aryl methyl sites for hydroxylation is 1. The predicted octanol–water partition coefficient (Wildman–Crippen LogP) is 1.39. The summed E-state index contributed by atoms with van der Waals surface area (Å²) >= 11 is 1.44. The van der Waals surface area contributed by atoms with Crippen LogP contribution in [-0.4, -0.2) is 37.7 Å². The molecule has 1 aromatic carbocycles. The van der Waals surface area contributed by atoms with Crippen LogP contribution >= 0.6 is 11.8 Å². The second-order valence-corrected chi connectivity index (χ2v) is 6.89. The lowest BCUT2D eigenvalue weighted by Crippen LogP contribution is -2.41. The van der Waals surface area contributed by atoms with Gasteiger partial charge in [0.25, 0.3) is 0 Å². The molecule has 6 heteroatoms. The topological polar surface area (TPSA) is 66.4 Å². The minimum absolute atomic E-state index is 0.0569. The summed E-state index contributed by atoms with van der Waals surface area (Å²) in [4.78, 5) is 0.287. The molecule has 0 amide bonds. The molecule has 0 aliphatic rings. The normalized spacial score (nSPS) is 15.3. The molecule has 2 atom stereocenters. The van der Waals surface area contributed by atoms with Crippen molar-refractivity contribution in [2.75, 3.05) is 12.9 Å². The Bertz CT molecular complexity index is 484. The standard InChI is InChI=1S/C12H19NO3S2/c1-9-6-4-5-7-12(9)18(15,16)13-10(2)11(8-14)17-3/h4-7,10-11,13-14H,8H2,1-3H3. The predicted molar refractivity (Wildman–Crippen MR) is 75.4 cm³/mol. The molecule has 0 fully saturated rings. The van der Waals surface area contributed by atoms with Crippen LogP contribution in [0.5, 0.6) is 0 Å². The molecule has 0 saturated carbocycles. The van der Waals surface area contributed by atoms with Crippen molar-refractivity contribution in [1.82, 2.24) is 4.72 Å². The summed E-state index contributed by atoms with van der Waals surface area (Å²) in [5.74, 6) is 0. The van der Waals surface area contributed by atoms with Crippen molar-refractivity contribution < 1.29 is 13.5 Å². The summed E-state index contributed by atoms with van der Waals surface area (Å²) in [5.41, 5.74) is 0.710. The summed E-state index contributed by atoms with van der Waals surface area (Å²) < 4.78 is 27.0. The largest absolute Gasteiger partial charge is 0.395 e. The molecular formula is C12H19NO3S2. The number of benzene rings is 1. The zero-order valence-electron chi connectivity index (χ0n) is 10.8. The van der Waals surface area contributed by atoms with Crippen LogP contribution in [0.4, 0.5) is 0 Å². The number of sulfonamides is 1. The molecule has 18 heavy (non-hydrogen) atoms. The van der Waals surface area contributed by atoms with Crippen LogP contribution in [0.15, 0.2) is 29.2 Å². The number of aliphatic hydroxyl groups is 1. The highest BCUT2D eigenvalue weighted by molar-refractivity contribution is 7.99. The Labute approximate surface area is 113 Å². The molecule has 0 heterocycles. The lowest BCUT2D eigenvalue weighted by molar-refractivity contribution is 0.282. The molecule has 0 bridgehead atoms. The molecule has 0 aliphatic heterocycles. The van der Waals surface area contributed by atoms with E-state index in [1.54, 1.807) is 38.1 Å². The number of rotatable bonds is 6. The third kappa shape index (κ3) is 3.71. The van der Waals surface area contributed by atoms with Crippen LogP contribution in [0.1, 0.15) is 12.5 Å². The SMILES string of the molecule is CSC(CO)C(C)NS(=O)(=O)c1ccccc1C. The average molecular weight is 289 g/mol. The van der Waals surface area contributed by atoms with Crippen molar-refractivity contribution in [1.29, 1.82) is 0 Å². The van der Waals surface area contributed by atoms with Gasteiger partial charge in [0.2, 0.25) is 10.0 Å².